The van der Waals surface area contributed by atoms with E-state index in [1.165, 1.54) is 0 Å². The second-order valence-electron chi connectivity index (χ2n) is 16.4. The van der Waals surface area contributed by atoms with E-state index < -0.39 is 18.1 Å². The molecule has 0 saturated carbocycles. The Morgan fingerprint density at radius 2 is 0.894 bits per heavy atom. The molecule has 13 rings (SSSR count). The zero-order valence-corrected chi connectivity index (χ0v) is 35.4. The fourth-order valence-electron chi connectivity index (χ4n) is 9.69. The van der Waals surface area contributed by atoms with Crippen LogP contribution in [0.2, 0.25) is 0 Å². The summed E-state index contributed by atoms with van der Waals surface area (Å²) < 4.78 is 48.9. The van der Waals surface area contributed by atoms with Crippen LogP contribution in [0.3, 0.4) is 0 Å². The molecule has 3 heterocycles. The Balaban J connectivity index is 1.15. The standard InChI is InChI=1S/C61H39N5/c1-4-18-40(19-5-1)44-34-35-49(42-20-6-2-7-21-42)56(39-44)65-54-32-14-12-29-50(54)52-36-37-53-51-30-13-15-33-55(51)66(58(53)57(52)65)61-63-59(43-23-8-3-9-24-43)62-60(64-61)46-27-16-26-45(38-46)48-31-17-25-41-22-10-11-28-47(41)48/h1-39H/i2D,6D,7D,20D,21D. The van der Waals surface area contributed by atoms with Gasteiger partial charge in [0, 0.05) is 38.2 Å². The molecule has 5 nitrogen and oxygen atoms in total. The second-order valence-corrected chi connectivity index (χ2v) is 16.4. The number of fused-ring (bicyclic) bond motifs is 8. The van der Waals surface area contributed by atoms with Crippen molar-refractivity contribution in [1.82, 2.24) is 24.1 Å². The minimum Gasteiger partial charge on any atom is -0.307 e. The Labute approximate surface area is 388 Å². The highest BCUT2D eigenvalue weighted by molar-refractivity contribution is 6.24. The Bertz CT molecular complexity index is 4260. The van der Waals surface area contributed by atoms with Crippen LogP contribution in [-0.2, 0) is 0 Å². The van der Waals surface area contributed by atoms with Gasteiger partial charge in [-0.2, -0.15) is 9.97 Å². The molecular formula is C61H39N5. The van der Waals surface area contributed by atoms with Gasteiger partial charge in [0.1, 0.15) is 0 Å². The first-order valence-corrected chi connectivity index (χ1v) is 22.0. The van der Waals surface area contributed by atoms with Gasteiger partial charge >= 0.3 is 0 Å². The number of nitrogens with zero attached hydrogens (tertiary/aromatic N) is 5. The van der Waals surface area contributed by atoms with Gasteiger partial charge in [0.05, 0.1) is 34.6 Å². The molecule has 0 fully saturated rings. The molecule has 0 aliphatic rings. The molecule has 308 valence electrons. The molecule has 66 heavy (non-hydrogen) atoms. The van der Waals surface area contributed by atoms with Crippen LogP contribution in [0.15, 0.2) is 236 Å². The smallest absolute Gasteiger partial charge is 0.238 e. The fraction of sp³-hybridized carbons (Fsp3) is 0. The van der Waals surface area contributed by atoms with Crippen LogP contribution in [0.4, 0.5) is 0 Å². The fourth-order valence-corrected chi connectivity index (χ4v) is 9.69. The van der Waals surface area contributed by atoms with Crippen LogP contribution in [0.1, 0.15) is 6.85 Å². The zero-order chi connectivity index (χ0) is 47.9. The molecule has 0 unspecified atom stereocenters. The highest BCUT2D eigenvalue weighted by Crippen LogP contribution is 2.44. The van der Waals surface area contributed by atoms with Gasteiger partial charge in [-0.05, 0) is 62.9 Å². The SMILES string of the molecule is [2H]c1c([2H])c([2H])c(-c2ccc(-c3ccccc3)cc2-n2c3ccccc3c3ccc4c5ccccc5n(-c5nc(-c6ccccc6)nc(-c6cccc(-c7cccc8ccccc78)c6)n5)c4c32)c([2H])c1[2H]. The molecule has 0 bridgehead atoms. The van der Waals surface area contributed by atoms with Gasteiger partial charge in [-0.3, -0.25) is 4.57 Å². The highest BCUT2D eigenvalue weighted by Gasteiger charge is 2.25. The number of aromatic nitrogens is 5. The average molecular weight is 847 g/mol. The summed E-state index contributed by atoms with van der Waals surface area (Å²) in [5, 5.41) is 6.20. The van der Waals surface area contributed by atoms with E-state index in [1.54, 1.807) is 0 Å². The van der Waals surface area contributed by atoms with E-state index in [4.69, 9.17) is 19.1 Å². The van der Waals surface area contributed by atoms with Crippen LogP contribution in [0.25, 0.3) is 122 Å². The Hall–Kier alpha value is -8.93. The molecule has 0 saturated heterocycles. The molecule has 0 amide bonds. The molecule has 0 N–H and O–H groups in total. The van der Waals surface area contributed by atoms with Gasteiger partial charge in [-0.1, -0.05) is 212 Å². The van der Waals surface area contributed by atoms with E-state index in [2.05, 4.69) is 112 Å². The molecular weight excluding hydrogens is 803 g/mol. The lowest BCUT2D eigenvalue weighted by Crippen LogP contribution is -2.07. The third-order valence-electron chi connectivity index (χ3n) is 12.7. The van der Waals surface area contributed by atoms with Crippen molar-refractivity contribution in [3.63, 3.8) is 0 Å². The molecule has 10 aromatic carbocycles. The van der Waals surface area contributed by atoms with Crippen molar-refractivity contribution in [3.8, 4) is 67.8 Å². The van der Waals surface area contributed by atoms with Crippen molar-refractivity contribution < 1.29 is 6.85 Å². The minimum absolute atomic E-state index is 0.115. The van der Waals surface area contributed by atoms with E-state index in [0.29, 0.717) is 28.8 Å². The van der Waals surface area contributed by atoms with Gasteiger partial charge < -0.3 is 4.57 Å². The lowest BCUT2D eigenvalue weighted by molar-refractivity contribution is 0.953. The third-order valence-corrected chi connectivity index (χ3v) is 12.7. The summed E-state index contributed by atoms with van der Waals surface area (Å²) >= 11 is 0. The topological polar surface area (TPSA) is 48.5 Å². The predicted molar refractivity (Wildman–Crippen MR) is 273 cm³/mol. The number of hydrogen-bond acceptors (Lipinski definition) is 3. The Morgan fingerprint density at radius 1 is 0.333 bits per heavy atom. The molecule has 0 atom stereocenters. The molecule has 5 heteroatoms. The summed E-state index contributed by atoms with van der Waals surface area (Å²) in [6, 6.07) is 68.1. The number of hydrogen-bond donors (Lipinski definition) is 0. The van der Waals surface area contributed by atoms with Crippen LogP contribution >= 0.6 is 0 Å². The van der Waals surface area contributed by atoms with E-state index in [0.717, 1.165) is 87.8 Å². The predicted octanol–water partition coefficient (Wildman–Crippen LogP) is 15.6. The second kappa shape index (κ2) is 15.4. The van der Waals surface area contributed by atoms with Crippen LogP contribution in [0, 0.1) is 0 Å². The van der Waals surface area contributed by atoms with Crippen LogP contribution in [0.5, 0.6) is 0 Å². The summed E-state index contributed by atoms with van der Waals surface area (Å²) in [6.45, 7) is 0. The molecule has 0 radical (unpaired) electrons. The number of benzene rings is 10. The monoisotopic (exact) mass is 846 g/mol. The quantitative estimate of drug-likeness (QED) is 0.161. The highest BCUT2D eigenvalue weighted by atomic mass is 15.2. The van der Waals surface area contributed by atoms with Gasteiger partial charge in [0.15, 0.2) is 11.6 Å². The first-order valence-electron chi connectivity index (χ1n) is 24.5. The maximum atomic E-state index is 9.26. The lowest BCUT2D eigenvalue weighted by Gasteiger charge is -2.17. The van der Waals surface area contributed by atoms with Crippen molar-refractivity contribution in [2.75, 3.05) is 0 Å². The molecule has 3 aromatic heterocycles. The average Bonchev–Trinajstić information content (AvgIpc) is 3.95. The van der Waals surface area contributed by atoms with Crippen molar-refractivity contribution >= 4 is 54.4 Å². The zero-order valence-electron chi connectivity index (χ0n) is 40.4. The van der Waals surface area contributed by atoms with Gasteiger partial charge in [0.25, 0.3) is 0 Å². The summed E-state index contributed by atoms with van der Waals surface area (Å²) in [6.07, 6.45) is 0. The normalized spacial score (nSPS) is 12.7. The van der Waals surface area contributed by atoms with E-state index in [-0.39, 0.29) is 17.6 Å². The van der Waals surface area contributed by atoms with Crippen LogP contribution in [-0.4, -0.2) is 24.1 Å². The Kier molecular flexibility index (Phi) is 7.63. The number of rotatable bonds is 7. The lowest BCUT2D eigenvalue weighted by atomic mass is 9.97. The molecule has 0 aliphatic carbocycles. The van der Waals surface area contributed by atoms with Gasteiger partial charge in [0.2, 0.25) is 5.95 Å². The summed E-state index contributed by atoms with van der Waals surface area (Å²) in [4.78, 5) is 16.0. The molecule has 0 spiro atoms. The first kappa shape index (κ1) is 32.7. The maximum absolute atomic E-state index is 9.26. The largest absolute Gasteiger partial charge is 0.307 e. The third kappa shape index (κ3) is 6.13. The molecule has 0 aliphatic heterocycles. The van der Waals surface area contributed by atoms with Gasteiger partial charge in [-0.25, -0.2) is 4.98 Å². The maximum Gasteiger partial charge on any atom is 0.238 e. The van der Waals surface area contributed by atoms with Crippen molar-refractivity contribution in [1.29, 1.82) is 0 Å². The minimum atomic E-state index is -0.443. The summed E-state index contributed by atoms with van der Waals surface area (Å²) in [5.74, 6) is 1.44. The number of para-hydroxylation sites is 2. The van der Waals surface area contributed by atoms with Crippen molar-refractivity contribution in [2.24, 2.45) is 0 Å². The Morgan fingerprint density at radius 3 is 1.64 bits per heavy atom. The van der Waals surface area contributed by atoms with E-state index >= 15 is 0 Å². The van der Waals surface area contributed by atoms with E-state index in [9.17, 15) is 2.74 Å². The van der Waals surface area contributed by atoms with Crippen molar-refractivity contribution in [3.05, 3.63) is 236 Å². The van der Waals surface area contributed by atoms with E-state index in [1.807, 2.05) is 103 Å². The first-order chi connectivity index (χ1) is 34.8. The van der Waals surface area contributed by atoms with Crippen LogP contribution < -0.4 is 0 Å². The summed E-state index contributed by atoms with van der Waals surface area (Å²) in [7, 11) is 0. The summed E-state index contributed by atoms with van der Waals surface area (Å²) in [5.41, 5.74) is 10.4. The van der Waals surface area contributed by atoms with Gasteiger partial charge in [-0.15, -0.1) is 0 Å². The van der Waals surface area contributed by atoms with Crippen molar-refractivity contribution in [2.45, 2.75) is 0 Å². The molecule has 13 aromatic rings.